The number of anilines is 1. The highest BCUT2D eigenvalue weighted by Crippen LogP contribution is 2.22. The van der Waals surface area contributed by atoms with Crippen molar-refractivity contribution in [3.63, 3.8) is 0 Å². The van der Waals surface area contributed by atoms with Crippen molar-refractivity contribution < 1.29 is 19.1 Å². The predicted octanol–water partition coefficient (Wildman–Crippen LogP) is 5.89. The zero-order valence-corrected chi connectivity index (χ0v) is 23.4. The van der Waals surface area contributed by atoms with Crippen molar-refractivity contribution in [1.82, 2.24) is 20.4 Å². The molecule has 1 aromatic heterocycles. The van der Waals surface area contributed by atoms with Gasteiger partial charge in [0.1, 0.15) is 11.2 Å². The van der Waals surface area contributed by atoms with E-state index in [0.717, 1.165) is 22.4 Å². The Hall–Kier alpha value is -3.92. The Morgan fingerprint density at radius 3 is 2.16 bits per heavy atom. The maximum absolute atomic E-state index is 12.2. The number of hydrogen-bond acceptors (Lipinski definition) is 6. The van der Waals surface area contributed by atoms with Crippen molar-refractivity contribution in [2.24, 2.45) is 0 Å². The molecule has 3 rings (SSSR count). The van der Waals surface area contributed by atoms with Crippen molar-refractivity contribution in [1.29, 1.82) is 0 Å². The maximum atomic E-state index is 12.2. The van der Waals surface area contributed by atoms with Gasteiger partial charge in [0, 0.05) is 24.0 Å². The second kappa shape index (κ2) is 12.1. The topological polar surface area (TPSA) is 107 Å². The Morgan fingerprint density at radius 2 is 1.55 bits per heavy atom. The van der Waals surface area contributed by atoms with Crippen LogP contribution in [-0.4, -0.2) is 44.8 Å². The lowest BCUT2D eigenvalue weighted by Crippen LogP contribution is -2.41. The highest BCUT2D eigenvalue weighted by atomic mass is 32.1. The van der Waals surface area contributed by atoms with Gasteiger partial charge in [0.2, 0.25) is 0 Å². The van der Waals surface area contributed by atoms with Gasteiger partial charge in [0.25, 0.3) is 0 Å². The Kier molecular flexibility index (Phi) is 9.11. The smallest absolute Gasteiger partial charge is 0.435 e. The lowest BCUT2D eigenvalue weighted by atomic mass is 10.1. The molecule has 0 spiro atoms. The van der Waals surface area contributed by atoms with Crippen molar-refractivity contribution in [3.05, 3.63) is 72.6 Å². The molecule has 3 aromatic rings. The van der Waals surface area contributed by atoms with Gasteiger partial charge in [-0.3, -0.25) is 0 Å². The Morgan fingerprint density at radius 1 is 0.921 bits per heavy atom. The standard InChI is InChI=1S/C28H35N5O4S/c1-27(2,3)36-25(34)29-17-23(20-10-8-7-9-11-20)32-24(38)31-22-14-12-19(13-15-22)21-16-30-33(18-21)26(35)37-28(4,5)6/h7-16,18,23H,17H2,1-6H3,(H,29,34)(H2,31,32,38). The third kappa shape index (κ3) is 9.19. The average Bonchev–Trinajstić information content (AvgIpc) is 3.31. The molecule has 2 aromatic carbocycles. The highest BCUT2D eigenvalue weighted by Gasteiger charge is 2.20. The van der Waals surface area contributed by atoms with Gasteiger partial charge in [-0.2, -0.15) is 9.78 Å². The van der Waals surface area contributed by atoms with E-state index < -0.39 is 23.4 Å². The summed E-state index contributed by atoms with van der Waals surface area (Å²) in [5, 5.41) is 13.8. The number of ether oxygens (including phenoxy) is 2. The molecule has 0 aliphatic heterocycles. The number of hydrogen-bond donors (Lipinski definition) is 3. The Labute approximate surface area is 228 Å². The minimum atomic E-state index is -0.603. The first-order valence-electron chi connectivity index (χ1n) is 12.3. The van der Waals surface area contributed by atoms with E-state index in [9.17, 15) is 9.59 Å². The number of benzene rings is 2. The normalized spacial score (nSPS) is 12.3. The molecule has 1 unspecified atom stereocenters. The van der Waals surface area contributed by atoms with Gasteiger partial charge in [0.05, 0.1) is 12.2 Å². The van der Waals surface area contributed by atoms with Crippen LogP contribution in [0.3, 0.4) is 0 Å². The number of amides is 1. The minimum absolute atomic E-state index is 0.276. The maximum Gasteiger partial charge on any atom is 0.435 e. The fourth-order valence-electron chi connectivity index (χ4n) is 3.39. The molecule has 0 saturated carbocycles. The molecule has 0 saturated heterocycles. The molecule has 202 valence electrons. The summed E-state index contributed by atoms with van der Waals surface area (Å²) in [4.78, 5) is 24.4. The summed E-state index contributed by atoms with van der Waals surface area (Å²) in [6.07, 6.45) is 2.21. The van der Waals surface area contributed by atoms with Crippen LogP contribution in [0.2, 0.25) is 0 Å². The van der Waals surface area contributed by atoms with E-state index in [4.69, 9.17) is 21.7 Å². The van der Waals surface area contributed by atoms with Gasteiger partial charge in [-0.15, -0.1) is 0 Å². The monoisotopic (exact) mass is 537 g/mol. The van der Waals surface area contributed by atoms with Crippen LogP contribution in [0.15, 0.2) is 67.0 Å². The number of thiocarbonyl (C=S) groups is 1. The molecule has 0 aliphatic carbocycles. The van der Waals surface area contributed by atoms with Crippen LogP contribution < -0.4 is 16.0 Å². The predicted molar refractivity (Wildman–Crippen MR) is 152 cm³/mol. The Bertz CT molecular complexity index is 1240. The van der Waals surface area contributed by atoms with E-state index in [2.05, 4.69) is 21.0 Å². The molecule has 9 nitrogen and oxygen atoms in total. The number of nitrogens with zero attached hydrogens (tertiary/aromatic N) is 2. The first kappa shape index (κ1) is 28.6. The summed E-state index contributed by atoms with van der Waals surface area (Å²) in [6.45, 7) is 11.1. The third-order valence-corrected chi connectivity index (χ3v) is 5.22. The van der Waals surface area contributed by atoms with E-state index in [0.29, 0.717) is 5.11 Å². The van der Waals surface area contributed by atoms with Crippen LogP contribution in [0.4, 0.5) is 15.3 Å². The first-order valence-corrected chi connectivity index (χ1v) is 12.7. The number of alkyl carbamates (subject to hydrolysis) is 1. The van der Waals surface area contributed by atoms with Crippen LogP contribution in [0, 0.1) is 0 Å². The fourth-order valence-corrected chi connectivity index (χ4v) is 3.65. The van der Waals surface area contributed by atoms with E-state index >= 15 is 0 Å². The lowest BCUT2D eigenvalue weighted by Gasteiger charge is -2.24. The van der Waals surface area contributed by atoms with Crippen LogP contribution >= 0.6 is 12.2 Å². The molecular weight excluding hydrogens is 502 g/mol. The van der Waals surface area contributed by atoms with E-state index in [1.54, 1.807) is 33.2 Å². The molecule has 0 fully saturated rings. The van der Waals surface area contributed by atoms with E-state index in [1.165, 1.54) is 4.68 Å². The minimum Gasteiger partial charge on any atom is -0.444 e. The summed E-state index contributed by atoms with van der Waals surface area (Å²) in [5.41, 5.74) is 2.21. The van der Waals surface area contributed by atoms with Crippen LogP contribution in [0.5, 0.6) is 0 Å². The average molecular weight is 538 g/mol. The quantitative estimate of drug-likeness (QED) is 0.335. The van der Waals surface area contributed by atoms with Gasteiger partial charge >= 0.3 is 12.2 Å². The molecular formula is C28H35N5O4S. The summed E-state index contributed by atoms with van der Waals surface area (Å²) in [6, 6.07) is 17.0. The highest BCUT2D eigenvalue weighted by molar-refractivity contribution is 7.80. The van der Waals surface area contributed by atoms with E-state index in [1.807, 2.05) is 75.4 Å². The summed E-state index contributed by atoms with van der Waals surface area (Å²) >= 11 is 5.55. The van der Waals surface area contributed by atoms with Crippen LogP contribution in [0.25, 0.3) is 11.1 Å². The molecule has 0 radical (unpaired) electrons. The van der Waals surface area contributed by atoms with Gasteiger partial charge in [-0.05, 0) is 77.0 Å². The number of carbonyl (C=O) groups excluding carboxylic acids is 2. The van der Waals surface area contributed by atoms with Crippen molar-refractivity contribution >= 4 is 35.2 Å². The molecule has 38 heavy (non-hydrogen) atoms. The van der Waals surface area contributed by atoms with Gasteiger partial charge in [0.15, 0.2) is 5.11 Å². The lowest BCUT2D eigenvalue weighted by molar-refractivity contribution is 0.0507. The molecule has 3 N–H and O–H groups in total. The molecule has 10 heteroatoms. The molecule has 0 aliphatic rings. The van der Waals surface area contributed by atoms with Gasteiger partial charge in [-0.25, -0.2) is 9.59 Å². The molecule has 1 heterocycles. The number of nitrogens with one attached hydrogen (secondary N) is 3. The van der Waals surface area contributed by atoms with Crippen LogP contribution in [-0.2, 0) is 9.47 Å². The summed E-state index contributed by atoms with van der Waals surface area (Å²) in [7, 11) is 0. The van der Waals surface area contributed by atoms with Gasteiger partial charge in [-0.1, -0.05) is 42.5 Å². The second-order valence-corrected chi connectivity index (χ2v) is 11.1. The first-order chi connectivity index (χ1) is 17.8. The third-order valence-electron chi connectivity index (χ3n) is 5.00. The van der Waals surface area contributed by atoms with Gasteiger partial charge < -0.3 is 25.4 Å². The SMILES string of the molecule is CC(C)(C)OC(=O)NCC(NC(=S)Nc1ccc(-c2cnn(C(=O)OC(C)(C)C)c2)cc1)c1ccccc1. The Balaban J connectivity index is 1.62. The number of carbonyl (C=O) groups is 2. The van der Waals surface area contributed by atoms with Crippen molar-refractivity contribution in [2.45, 2.75) is 58.8 Å². The zero-order chi connectivity index (χ0) is 27.9. The summed E-state index contributed by atoms with van der Waals surface area (Å²) in [5.74, 6) is 0. The van der Waals surface area contributed by atoms with Crippen LogP contribution in [0.1, 0.15) is 53.1 Å². The summed E-state index contributed by atoms with van der Waals surface area (Å²) < 4.78 is 11.9. The largest absolute Gasteiger partial charge is 0.444 e. The number of rotatable bonds is 6. The van der Waals surface area contributed by atoms with E-state index in [-0.39, 0.29) is 12.6 Å². The molecule has 0 bridgehead atoms. The van der Waals surface area contributed by atoms with Crippen molar-refractivity contribution in [3.8, 4) is 11.1 Å². The number of aromatic nitrogens is 2. The fraction of sp³-hybridized carbons (Fsp3) is 0.357. The second-order valence-electron chi connectivity index (χ2n) is 10.7. The molecule has 1 atom stereocenters. The zero-order valence-electron chi connectivity index (χ0n) is 22.6. The molecule has 1 amide bonds. The van der Waals surface area contributed by atoms with Crippen molar-refractivity contribution in [2.75, 3.05) is 11.9 Å².